The molecule has 1 heterocycles. The maximum absolute atomic E-state index is 14.0. The molecule has 5 rings (SSSR count). The van der Waals surface area contributed by atoms with E-state index in [9.17, 15) is 29.3 Å². The first-order chi connectivity index (χ1) is 22.1. The number of aliphatic hydroxyl groups excluding tert-OH is 2. The summed E-state index contributed by atoms with van der Waals surface area (Å²) in [6, 6.07) is 21.1. The van der Waals surface area contributed by atoms with Crippen LogP contribution in [0.2, 0.25) is 0 Å². The molecule has 1 aliphatic carbocycles. The van der Waals surface area contributed by atoms with Crippen LogP contribution in [0, 0.1) is 29.5 Å². The minimum absolute atomic E-state index is 0.00516. The number of hydrogen-bond donors (Lipinski definition) is 4. The average Bonchev–Trinajstić information content (AvgIpc) is 3.30. The third-order valence-corrected chi connectivity index (χ3v) is 9.21. The van der Waals surface area contributed by atoms with E-state index in [0.29, 0.717) is 36.1 Å². The van der Waals surface area contributed by atoms with Gasteiger partial charge in [-0.2, -0.15) is 0 Å². The molecule has 0 bridgehead atoms. The highest BCUT2D eigenvalue weighted by Crippen LogP contribution is 2.49. The number of imide groups is 1. The van der Waals surface area contributed by atoms with Crippen molar-refractivity contribution in [2.75, 3.05) is 16.8 Å². The molecule has 242 valence electrons. The number of amides is 2. The van der Waals surface area contributed by atoms with Gasteiger partial charge in [0.1, 0.15) is 0 Å². The number of anilines is 3. The predicted molar refractivity (Wildman–Crippen MR) is 179 cm³/mol. The van der Waals surface area contributed by atoms with E-state index in [0.717, 1.165) is 35.4 Å². The Morgan fingerprint density at radius 1 is 1.00 bits per heavy atom. The number of phenols is 1. The van der Waals surface area contributed by atoms with Crippen molar-refractivity contribution in [3.05, 3.63) is 101 Å². The standard InChI is InChI=1S/C38H43FN2O5/c1-4-8-24(19-25-12-17-33(43)32(39)20-25)11-18-34(44)35-29(23(2)3)21-30-36(31(35)22-42)38(46)41(37(30)45)28-15-13-27(14-16-28)40-26-9-6-5-7-10-26/h5-7,9-10,12-17,19-20,23,30-31,34,36,40,42-44H,4,8,11,18,21-22H2,1-3H3/b24-19+/t30-,31+,34-,36-/m1/s1. The van der Waals surface area contributed by atoms with Gasteiger partial charge in [0.25, 0.3) is 0 Å². The summed E-state index contributed by atoms with van der Waals surface area (Å²) in [4.78, 5) is 29.0. The summed E-state index contributed by atoms with van der Waals surface area (Å²) < 4.78 is 14.0. The molecule has 1 fully saturated rings. The lowest BCUT2D eigenvalue weighted by Gasteiger charge is -2.38. The first kappa shape index (κ1) is 33.1. The van der Waals surface area contributed by atoms with E-state index in [2.05, 4.69) is 5.32 Å². The number of halogens is 1. The van der Waals surface area contributed by atoms with Crippen LogP contribution in [0.15, 0.2) is 89.5 Å². The van der Waals surface area contributed by atoms with Gasteiger partial charge in [-0.3, -0.25) is 14.5 Å². The number of nitrogens with zero attached hydrogens (tertiary/aromatic N) is 1. The molecule has 2 aliphatic rings. The van der Waals surface area contributed by atoms with E-state index in [4.69, 9.17) is 0 Å². The largest absolute Gasteiger partial charge is 0.505 e. The van der Waals surface area contributed by atoms with E-state index < -0.39 is 35.4 Å². The monoisotopic (exact) mass is 626 g/mol. The Hall–Kier alpha value is -4.27. The summed E-state index contributed by atoms with van der Waals surface area (Å²) in [5.74, 6) is -3.79. The van der Waals surface area contributed by atoms with Crippen LogP contribution >= 0.6 is 0 Å². The molecule has 7 nitrogen and oxygen atoms in total. The molecule has 0 spiro atoms. The van der Waals surface area contributed by atoms with Crippen molar-refractivity contribution in [2.45, 2.75) is 59.0 Å². The van der Waals surface area contributed by atoms with Crippen LogP contribution in [0.1, 0.15) is 58.4 Å². The fraction of sp³-hybridized carbons (Fsp3) is 0.368. The normalized spacial score (nSPS) is 20.8. The van der Waals surface area contributed by atoms with Crippen LogP contribution in [0.4, 0.5) is 21.5 Å². The molecule has 4 N–H and O–H groups in total. The molecule has 3 aromatic carbocycles. The Balaban J connectivity index is 1.37. The van der Waals surface area contributed by atoms with Crippen molar-refractivity contribution in [1.29, 1.82) is 0 Å². The van der Waals surface area contributed by atoms with Gasteiger partial charge >= 0.3 is 0 Å². The summed E-state index contributed by atoms with van der Waals surface area (Å²) in [5.41, 5.74) is 5.45. The number of carbonyl (C=O) groups excluding carboxylic acids is 2. The number of hydrogen-bond acceptors (Lipinski definition) is 6. The minimum Gasteiger partial charge on any atom is -0.505 e. The van der Waals surface area contributed by atoms with Gasteiger partial charge in [0, 0.05) is 17.3 Å². The number of nitrogens with one attached hydrogen (secondary N) is 1. The zero-order valence-electron chi connectivity index (χ0n) is 26.6. The summed E-state index contributed by atoms with van der Waals surface area (Å²) in [5, 5.41) is 35.2. The SMILES string of the molecule is CCC/C(=C\c1ccc(O)c(F)c1)CC[C@@H](O)C1=C(C(C)C)C[C@H]2C(=O)N(c3ccc(Nc4ccccc4)cc3)C(=O)[C@H]2[C@H]1CO. The number of rotatable bonds is 12. The van der Waals surface area contributed by atoms with E-state index in [-0.39, 0.29) is 24.3 Å². The maximum atomic E-state index is 14.0. The van der Waals surface area contributed by atoms with Crippen molar-refractivity contribution in [1.82, 2.24) is 0 Å². The highest BCUT2D eigenvalue weighted by molar-refractivity contribution is 6.22. The predicted octanol–water partition coefficient (Wildman–Crippen LogP) is 7.37. The third-order valence-electron chi connectivity index (χ3n) is 9.21. The lowest BCUT2D eigenvalue weighted by molar-refractivity contribution is -0.123. The van der Waals surface area contributed by atoms with Crippen molar-refractivity contribution in [2.24, 2.45) is 23.7 Å². The first-order valence-corrected chi connectivity index (χ1v) is 16.1. The van der Waals surface area contributed by atoms with Crippen LogP contribution in [-0.4, -0.2) is 39.8 Å². The average molecular weight is 627 g/mol. The number of carbonyl (C=O) groups is 2. The summed E-state index contributed by atoms with van der Waals surface area (Å²) in [6.45, 7) is 5.71. The molecular formula is C38H43FN2O5. The maximum Gasteiger partial charge on any atom is 0.238 e. The smallest absolute Gasteiger partial charge is 0.238 e. The Bertz CT molecular complexity index is 1620. The highest BCUT2D eigenvalue weighted by Gasteiger charge is 2.55. The Labute approximate surface area is 270 Å². The molecule has 0 aromatic heterocycles. The van der Waals surface area contributed by atoms with Gasteiger partial charge in [-0.25, -0.2) is 4.39 Å². The van der Waals surface area contributed by atoms with E-state index in [1.54, 1.807) is 18.2 Å². The first-order valence-electron chi connectivity index (χ1n) is 16.1. The van der Waals surface area contributed by atoms with Crippen LogP contribution in [0.3, 0.4) is 0 Å². The molecule has 0 saturated carbocycles. The van der Waals surface area contributed by atoms with Crippen molar-refractivity contribution >= 4 is 35.0 Å². The second-order valence-electron chi connectivity index (χ2n) is 12.6. The molecule has 0 unspecified atom stereocenters. The minimum atomic E-state index is -0.924. The second-order valence-corrected chi connectivity index (χ2v) is 12.6. The molecule has 8 heteroatoms. The number of aliphatic hydroxyl groups is 2. The molecule has 46 heavy (non-hydrogen) atoms. The number of allylic oxidation sites excluding steroid dienone is 2. The summed E-state index contributed by atoms with van der Waals surface area (Å²) >= 11 is 0. The zero-order valence-corrected chi connectivity index (χ0v) is 26.6. The van der Waals surface area contributed by atoms with Crippen LogP contribution in [0.25, 0.3) is 6.08 Å². The Morgan fingerprint density at radius 2 is 1.70 bits per heavy atom. The topological polar surface area (TPSA) is 110 Å². The lowest BCUT2D eigenvalue weighted by Crippen LogP contribution is -2.39. The summed E-state index contributed by atoms with van der Waals surface area (Å²) in [6.07, 6.45) is 3.81. The molecule has 0 radical (unpaired) electrons. The summed E-state index contributed by atoms with van der Waals surface area (Å²) in [7, 11) is 0. The molecule has 3 aromatic rings. The van der Waals surface area contributed by atoms with Crippen LogP contribution < -0.4 is 10.2 Å². The van der Waals surface area contributed by atoms with Gasteiger partial charge in [-0.15, -0.1) is 0 Å². The van der Waals surface area contributed by atoms with E-state index in [1.807, 2.05) is 69.3 Å². The van der Waals surface area contributed by atoms with Crippen LogP contribution in [0.5, 0.6) is 5.75 Å². The fourth-order valence-corrected chi connectivity index (χ4v) is 7.00. The van der Waals surface area contributed by atoms with Gasteiger partial charge in [0.2, 0.25) is 11.8 Å². The number of benzene rings is 3. The van der Waals surface area contributed by atoms with Gasteiger partial charge in [0.15, 0.2) is 11.6 Å². The van der Waals surface area contributed by atoms with Gasteiger partial charge < -0.3 is 20.6 Å². The molecule has 1 aliphatic heterocycles. The molecule has 2 amide bonds. The fourth-order valence-electron chi connectivity index (χ4n) is 7.00. The third kappa shape index (κ3) is 6.93. The van der Waals surface area contributed by atoms with Crippen LogP contribution in [-0.2, 0) is 9.59 Å². The van der Waals surface area contributed by atoms with Gasteiger partial charge in [-0.1, -0.05) is 68.7 Å². The molecule has 1 saturated heterocycles. The quantitative estimate of drug-likeness (QED) is 0.123. The highest BCUT2D eigenvalue weighted by atomic mass is 19.1. The van der Waals surface area contributed by atoms with Gasteiger partial charge in [-0.05, 0) is 91.3 Å². The number of fused-ring (bicyclic) bond motifs is 1. The number of aromatic hydroxyl groups is 1. The Morgan fingerprint density at radius 3 is 2.33 bits per heavy atom. The second kappa shape index (κ2) is 14.4. The molecular weight excluding hydrogens is 583 g/mol. The number of phenolic OH excluding ortho intramolecular Hbond substituents is 1. The van der Waals surface area contributed by atoms with E-state index >= 15 is 0 Å². The van der Waals surface area contributed by atoms with Crippen molar-refractivity contribution in [3.8, 4) is 5.75 Å². The Kier molecular flexibility index (Phi) is 10.4. The molecule has 4 atom stereocenters. The van der Waals surface area contributed by atoms with Gasteiger partial charge in [0.05, 0.1) is 30.2 Å². The van der Waals surface area contributed by atoms with Crippen molar-refractivity contribution in [3.63, 3.8) is 0 Å². The van der Waals surface area contributed by atoms with E-state index in [1.165, 1.54) is 17.0 Å². The zero-order chi connectivity index (χ0) is 33.0. The van der Waals surface area contributed by atoms with Crippen molar-refractivity contribution < 1.29 is 29.3 Å². The number of para-hydroxylation sites is 1. The lowest BCUT2D eigenvalue weighted by atomic mass is 9.66.